The highest BCUT2D eigenvalue weighted by atomic mass is 35.5. The van der Waals surface area contributed by atoms with E-state index < -0.39 is 46.5 Å². The van der Waals surface area contributed by atoms with Crippen molar-refractivity contribution in [1.82, 2.24) is 9.13 Å². The first-order valence-corrected chi connectivity index (χ1v) is 8.98. The van der Waals surface area contributed by atoms with Gasteiger partial charge in [-0.25, -0.2) is 13.8 Å². The van der Waals surface area contributed by atoms with Crippen LogP contribution in [-0.2, 0) is 18.0 Å². The molecule has 1 unspecified atom stereocenters. The van der Waals surface area contributed by atoms with Gasteiger partial charge in [0.25, 0.3) is 5.56 Å². The lowest BCUT2D eigenvalue weighted by Crippen LogP contribution is -2.41. The molecule has 0 amide bonds. The lowest BCUT2D eigenvalue weighted by atomic mass is 9.91. The Hall–Kier alpha value is -3.40. The summed E-state index contributed by atoms with van der Waals surface area (Å²) in [6.45, 7) is 0. The average Bonchev–Trinajstić information content (AvgIpc) is 2.67. The smallest absolute Gasteiger partial charge is 0.431 e. The van der Waals surface area contributed by atoms with Crippen LogP contribution < -0.4 is 11.2 Å². The number of alkyl halides is 3. The summed E-state index contributed by atoms with van der Waals surface area (Å²) < 4.78 is 54.2. The topological polar surface area (TPSA) is 81.3 Å². The highest BCUT2D eigenvalue weighted by Gasteiger charge is 2.35. The van der Waals surface area contributed by atoms with Gasteiger partial charge in [0.15, 0.2) is 0 Å². The SMILES string of the molecule is Cn1c(C(F)(F)F)cc(=O)n(-c2cc(C(C(=O)O)c3ccccc3)c(Cl)cc2F)c1=O. The van der Waals surface area contributed by atoms with Crippen LogP contribution in [0.3, 0.4) is 0 Å². The summed E-state index contributed by atoms with van der Waals surface area (Å²) in [6, 6.07) is 9.49. The number of hydrogen-bond acceptors (Lipinski definition) is 3. The molecule has 0 saturated heterocycles. The van der Waals surface area contributed by atoms with Crippen LogP contribution in [0.25, 0.3) is 5.69 Å². The number of carboxylic acids is 1. The standard InChI is InChI=1S/C20H13ClF4N2O4/c1-26-15(20(23,24)25)9-16(28)27(19(26)31)14-7-11(12(21)8-13(14)22)17(18(29)30)10-5-3-2-4-6-10/h2-9,17H,1H3,(H,29,30). The van der Waals surface area contributed by atoms with Crippen LogP contribution in [0.2, 0.25) is 5.02 Å². The number of aliphatic carboxylic acids is 1. The van der Waals surface area contributed by atoms with Crippen molar-refractivity contribution < 1.29 is 27.5 Å². The summed E-state index contributed by atoms with van der Waals surface area (Å²) in [4.78, 5) is 36.7. The van der Waals surface area contributed by atoms with Crippen LogP contribution in [0.4, 0.5) is 17.6 Å². The van der Waals surface area contributed by atoms with E-state index in [1.807, 2.05) is 0 Å². The van der Waals surface area contributed by atoms with Crippen molar-refractivity contribution in [3.05, 3.63) is 97.0 Å². The number of benzene rings is 2. The molecule has 1 N–H and O–H groups in total. The predicted octanol–water partition coefficient (Wildman–Crippen LogP) is 3.56. The van der Waals surface area contributed by atoms with E-state index in [0.717, 1.165) is 13.1 Å². The van der Waals surface area contributed by atoms with Gasteiger partial charge in [-0.1, -0.05) is 41.9 Å². The molecule has 1 heterocycles. The third kappa shape index (κ3) is 4.11. The molecule has 31 heavy (non-hydrogen) atoms. The third-order valence-corrected chi connectivity index (χ3v) is 4.94. The van der Waals surface area contributed by atoms with Crippen LogP contribution in [-0.4, -0.2) is 20.2 Å². The van der Waals surface area contributed by atoms with Crippen LogP contribution >= 0.6 is 11.6 Å². The van der Waals surface area contributed by atoms with E-state index >= 15 is 0 Å². The first kappa shape index (κ1) is 22.3. The molecule has 0 fully saturated rings. The molecule has 0 aliphatic rings. The van der Waals surface area contributed by atoms with E-state index in [1.54, 1.807) is 18.2 Å². The van der Waals surface area contributed by atoms with Crippen LogP contribution in [0.1, 0.15) is 22.7 Å². The van der Waals surface area contributed by atoms with Crippen molar-refractivity contribution in [1.29, 1.82) is 0 Å². The molecule has 11 heteroatoms. The van der Waals surface area contributed by atoms with Gasteiger partial charge in [-0.2, -0.15) is 13.2 Å². The van der Waals surface area contributed by atoms with Crippen molar-refractivity contribution in [3.8, 4) is 5.69 Å². The summed E-state index contributed by atoms with van der Waals surface area (Å²) in [5, 5.41) is 9.41. The number of carboxylic acid groups (broad SMARTS) is 1. The van der Waals surface area contributed by atoms with Crippen LogP contribution in [0.5, 0.6) is 0 Å². The number of halogens is 5. The molecular weight excluding hydrogens is 444 g/mol. The second-order valence-corrected chi connectivity index (χ2v) is 6.96. The summed E-state index contributed by atoms with van der Waals surface area (Å²) in [7, 11) is 0.778. The fourth-order valence-electron chi connectivity index (χ4n) is 3.17. The number of carbonyl (C=O) groups is 1. The largest absolute Gasteiger partial charge is 0.481 e. The summed E-state index contributed by atoms with van der Waals surface area (Å²) >= 11 is 6.05. The fraction of sp³-hybridized carbons (Fsp3) is 0.150. The van der Waals surface area contributed by atoms with Gasteiger partial charge in [-0.05, 0) is 23.3 Å². The Labute approximate surface area is 176 Å². The van der Waals surface area contributed by atoms with E-state index in [2.05, 4.69) is 0 Å². The maximum Gasteiger partial charge on any atom is 0.431 e. The zero-order chi connectivity index (χ0) is 23.1. The molecule has 0 aliphatic heterocycles. The van der Waals surface area contributed by atoms with Gasteiger partial charge in [-0.3, -0.25) is 14.2 Å². The van der Waals surface area contributed by atoms with E-state index in [9.17, 15) is 37.1 Å². The summed E-state index contributed by atoms with van der Waals surface area (Å²) in [5.74, 6) is -3.93. The summed E-state index contributed by atoms with van der Waals surface area (Å²) in [5.41, 5.74) is -5.00. The van der Waals surface area contributed by atoms with Crippen molar-refractivity contribution in [2.75, 3.05) is 0 Å². The zero-order valence-electron chi connectivity index (χ0n) is 15.7. The highest BCUT2D eigenvalue weighted by Crippen LogP contribution is 2.33. The van der Waals surface area contributed by atoms with Gasteiger partial charge in [0.1, 0.15) is 17.4 Å². The minimum atomic E-state index is -4.99. The van der Waals surface area contributed by atoms with Crippen molar-refractivity contribution in [3.63, 3.8) is 0 Å². The lowest BCUT2D eigenvalue weighted by molar-refractivity contribution is -0.144. The maximum atomic E-state index is 14.6. The molecule has 2 aromatic carbocycles. The van der Waals surface area contributed by atoms with E-state index in [4.69, 9.17) is 11.6 Å². The zero-order valence-corrected chi connectivity index (χ0v) is 16.4. The van der Waals surface area contributed by atoms with Crippen molar-refractivity contribution >= 4 is 17.6 Å². The van der Waals surface area contributed by atoms with Crippen LogP contribution in [0.15, 0.2) is 58.1 Å². The monoisotopic (exact) mass is 456 g/mol. The molecule has 162 valence electrons. The first-order valence-electron chi connectivity index (χ1n) is 8.60. The number of rotatable bonds is 4. The second kappa shape index (κ2) is 8.03. The molecule has 6 nitrogen and oxygen atoms in total. The Balaban J connectivity index is 2.31. The molecule has 0 radical (unpaired) electrons. The minimum absolute atomic E-state index is 0.148. The molecule has 0 bridgehead atoms. The molecule has 0 saturated carbocycles. The molecule has 1 aromatic heterocycles. The molecule has 0 spiro atoms. The molecule has 3 aromatic rings. The highest BCUT2D eigenvalue weighted by molar-refractivity contribution is 6.31. The Morgan fingerprint density at radius 1 is 1.10 bits per heavy atom. The minimum Gasteiger partial charge on any atom is -0.481 e. The molecule has 3 rings (SSSR count). The average molecular weight is 457 g/mol. The Morgan fingerprint density at radius 2 is 1.71 bits per heavy atom. The Bertz CT molecular complexity index is 1280. The normalized spacial score (nSPS) is 12.6. The number of nitrogens with zero attached hydrogens (tertiary/aromatic N) is 2. The lowest BCUT2D eigenvalue weighted by Gasteiger charge is -2.18. The Morgan fingerprint density at radius 3 is 2.26 bits per heavy atom. The number of aromatic nitrogens is 2. The van der Waals surface area contributed by atoms with Crippen molar-refractivity contribution in [2.24, 2.45) is 7.05 Å². The fourth-order valence-corrected chi connectivity index (χ4v) is 3.43. The molecule has 0 aliphatic carbocycles. The van der Waals surface area contributed by atoms with Gasteiger partial charge >= 0.3 is 17.8 Å². The van der Waals surface area contributed by atoms with Gasteiger partial charge in [0.05, 0.1) is 5.69 Å². The molecule has 1 atom stereocenters. The van der Waals surface area contributed by atoms with Crippen molar-refractivity contribution in [2.45, 2.75) is 12.1 Å². The molecular formula is C20H13ClF4N2O4. The quantitative estimate of drug-likeness (QED) is 0.609. The third-order valence-electron chi connectivity index (χ3n) is 4.61. The van der Waals surface area contributed by atoms with E-state index in [-0.39, 0.29) is 31.4 Å². The van der Waals surface area contributed by atoms with Gasteiger partial charge < -0.3 is 5.11 Å². The van der Waals surface area contributed by atoms with Gasteiger partial charge in [0, 0.05) is 18.1 Å². The van der Waals surface area contributed by atoms with Gasteiger partial charge in [0.2, 0.25) is 0 Å². The van der Waals surface area contributed by atoms with E-state index in [1.165, 1.54) is 12.1 Å². The van der Waals surface area contributed by atoms with Gasteiger partial charge in [-0.15, -0.1) is 0 Å². The van der Waals surface area contributed by atoms with E-state index in [0.29, 0.717) is 6.07 Å². The first-order chi connectivity index (χ1) is 14.4. The summed E-state index contributed by atoms with van der Waals surface area (Å²) in [6.07, 6.45) is -4.99. The Kier molecular flexibility index (Phi) is 5.77. The second-order valence-electron chi connectivity index (χ2n) is 6.55. The number of hydrogen-bond donors (Lipinski definition) is 1. The predicted molar refractivity (Wildman–Crippen MR) is 103 cm³/mol. The maximum absolute atomic E-state index is 14.6. The van der Waals surface area contributed by atoms with Crippen LogP contribution in [0, 0.1) is 5.82 Å².